The summed E-state index contributed by atoms with van der Waals surface area (Å²) < 4.78 is 32.9. The molecule has 1 aliphatic rings. The fraction of sp³-hybridized carbons (Fsp3) is 0.500. The Bertz CT molecular complexity index is 924. The normalized spacial score (nSPS) is 23.4. The van der Waals surface area contributed by atoms with Crippen LogP contribution < -0.4 is 10.1 Å². The first kappa shape index (κ1) is 21.8. The molecular formula is C24H33NO3S. The highest BCUT2D eigenvalue weighted by atomic mass is 32.2. The molecule has 1 N–H and O–H groups in total. The fourth-order valence-corrected chi connectivity index (χ4v) is 6.34. The molecule has 2 aromatic carbocycles. The molecule has 3 rings (SSSR count). The van der Waals surface area contributed by atoms with Crippen LogP contribution in [0.2, 0.25) is 0 Å². The van der Waals surface area contributed by atoms with Gasteiger partial charge in [0.15, 0.2) is 9.84 Å². The van der Waals surface area contributed by atoms with Crippen molar-refractivity contribution in [2.45, 2.75) is 76.0 Å². The standard InChI is InChI=1S/C24H33NO3S/c1-5-7-15-24(6-2)17-29(26,27)22-16-20(28-18(3)4)13-14-21(22)23(25-24)19-11-9-8-10-12-19/h8-14,16,18,23,25H,5-7,15,17H2,1-4H3. The molecule has 0 amide bonds. The molecule has 4 nitrogen and oxygen atoms in total. The number of hydrogen-bond donors (Lipinski definition) is 1. The lowest BCUT2D eigenvalue weighted by atomic mass is 9.88. The van der Waals surface area contributed by atoms with Crippen molar-refractivity contribution < 1.29 is 13.2 Å². The second-order valence-corrected chi connectivity index (χ2v) is 10.3. The number of rotatable bonds is 7. The zero-order valence-corrected chi connectivity index (χ0v) is 18.8. The van der Waals surface area contributed by atoms with Crippen LogP contribution in [0.5, 0.6) is 5.75 Å². The maximum atomic E-state index is 13.5. The molecule has 1 aliphatic heterocycles. The van der Waals surface area contributed by atoms with E-state index in [0.29, 0.717) is 10.6 Å². The van der Waals surface area contributed by atoms with Gasteiger partial charge in [-0.2, -0.15) is 0 Å². The number of benzene rings is 2. The van der Waals surface area contributed by atoms with Crippen molar-refractivity contribution in [1.82, 2.24) is 5.32 Å². The molecule has 0 radical (unpaired) electrons. The number of ether oxygens (including phenoxy) is 1. The first-order valence-corrected chi connectivity index (χ1v) is 12.3. The van der Waals surface area contributed by atoms with E-state index in [0.717, 1.165) is 36.8 Å². The minimum atomic E-state index is -3.47. The quantitative estimate of drug-likeness (QED) is 0.668. The van der Waals surface area contributed by atoms with E-state index in [-0.39, 0.29) is 17.9 Å². The highest BCUT2D eigenvalue weighted by Gasteiger charge is 2.41. The van der Waals surface area contributed by atoms with Crippen LogP contribution in [0.15, 0.2) is 53.4 Å². The summed E-state index contributed by atoms with van der Waals surface area (Å²) in [6, 6.07) is 15.5. The first-order chi connectivity index (χ1) is 13.8. The molecular weight excluding hydrogens is 382 g/mol. The minimum absolute atomic E-state index is 0.0103. The van der Waals surface area contributed by atoms with Crippen molar-refractivity contribution in [1.29, 1.82) is 0 Å². The van der Waals surface area contributed by atoms with Gasteiger partial charge < -0.3 is 4.74 Å². The van der Waals surface area contributed by atoms with E-state index < -0.39 is 15.4 Å². The minimum Gasteiger partial charge on any atom is -0.491 e. The van der Waals surface area contributed by atoms with Crippen molar-refractivity contribution in [3.05, 3.63) is 59.7 Å². The van der Waals surface area contributed by atoms with Gasteiger partial charge in [-0.25, -0.2) is 8.42 Å². The summed E-state index contributed by atoms with van der Waals surface area (Å²) in [4.78, 5) is 0.392. The second-order valence-electron chi connectivity index (χ2n) is 8.35. The van der Waals surface area contributed by atoms with Crippen LogP contribution in [0, 0.1) is 0 Å². The van der Waals surface area contributed by atoms with Crippen molar-refractivity contribution >= 4 is 9.84 Å². The molecule has 0 saturated heterocycles. The molecule has 2 unspecified atom stereocenters. The molecule has 0 bridgehead atoms. The van der Waals surface area contributed by atoms with Crippen molar-refractivity contribution in [2.75, 3.05) is 5.75 Å². The lowest BCUT2D eigenvalue weighted by molar-refractivity contribution is 0.241. The molecule has 0 aromatic heterocycles. The van der Waals surface area contributed by atoms with E-state index in [1.54, 1.807) is 6.07 Å². The Hall–Kier alpha value is -1.85. The Morgan fingerprint density at radius 2 is 1.86 bits per heavy atom. The Labute approximate surface area is 175 Å². The summed E-state index contributed by atoms with van der Waals surface area (Å²) in [5.74, 6) is 0.713. The van der Waals surface area contributed by atoms with E-state index in [1.165, 1.54) is 0 Å². The average Bonchev–Trinajstić information content (AvgIpc) is 2.79. The third-order valence-corrected chi connectivity index (χ3v) is 7.69. The number of nitrogens with one attached hydrogen (secondary N) is 1. The summed E-state index contributed by atoms with van der Waals surface area (Å²) >= 11 is 0. The van der Waals surface area contributed by atoms with Crippen molar-refractivity contribution in [2.24, 2.45) is 0 Å². The van der Waals surface area contributed by atoms with Crippen molar-refractivity contribution in [3.8, 4) is 5.75 Å². The van der Waals surface area contributed by atoms with Crippen LogP contribution in [-0.2, 0) is 9.84 Å². The third-order valence-electron chi connectivity index (χ3n) is 5.74. The molecule has 2 aromatic rings. The Kier molecular flexibility index (Phi) is 6.69. The summed E-state index contributed by atoms with van der Waals surface area (Å²) in [5, 5.41) is 3.78. The zero-order chi connectivity index (χ0) is 21.1. The van der Waals surface area contributed by atoms with Crippen LogP contribution in [0.1, 0.15) is 70.5 Å². The van der Waals surface area contributed by atoms with E-state index in [4.69, 9.17) is 4.74 Å². The second kappa shape index (κ2) is 8.88. The lowest BCUT2D eigenvalue weighted by Gasteiger charge is -2.35. The van der Waals surface area contributed by atoms with Gasteiger partial charge in [-0.05, 0) is 49.9 Å². The van der Waals surface area contributed by atoms with Gasteiger partial charge in [0.25, 0.3) is 0 Å². The van der Waals surface area contributed by atoms with Crippen LogP contribution in [0.4, 0.5) is 0 Å². The highest BCUT2D eigenvalue weighted by Crippen LogP contribution is 2.39. The SMILES string of the molecule is CCCCC1(CC)CS(=O)(=O)c2cc(OC(C)C)ccc2C(c2ccccc2)N1. The summed E-state index contributed by atoms with van der Waals surface area (Å²) in [7, 11) is -3.47. The van der Waals surface area contributed by atoms with Gasteiger partial charge in [0, 0.05) is 5.54 Å². The molecule has 158 valence electrons. The van der Waals surface area contributed by atoms with Gasteiger partial charge in [-0.3, -0.25) is 5.32 Å². The van der Waals surface area contributed by atoms with E-state index >= 15 is 0 Å². The van der Waals surface area contributed by atoms with E-state index in [9.17, 15) is 8.42 Å². The third kappa shape index (κ3) is 4.84. The largest absolute Gasteiger partial charge is 0.491 e. The molecule has 0 spiro atoms. The zero-order valence-electron chi connectivity index (χ0n) is 17.9. The maximum absolute atomic E-state index is 13.5. The molecule has 2 atom stereocenters. The van der Waals surface area contributed by atoms with Crippen LogP contribution in [-0.4, -0.2) is 25.8 Å². The molecule has 5 heteroatoms. The van der Waals surface area contributed by atoms with Crippen LogP contribution >= 0.6 is 0 Å². The number of unbranched alkanes of at least 4 members (excludes halogenated alkanes) is 1. The Morgan fingerprint density at radius 1 is 1.14 bits per heavy atom. The summed E-state index contributed by atoms with van der Waals surface area (Å²) in [5.41, 5.74) is 1.44. The van der Waals surface area contributed by atoms with Gasteiger partial charge in [-0.1, -0.05) is 63.1 Å². The molecule has 0 saturated carbocycles. The maximum Gasteiger partial charge on any atom is 0.180 e. The molecule has 0 aliphatic carbocycles. The van der Waals surface area contributed by atoms with Gasteiger partial charge in [-0.15, -0.1) is 0 Å². The number of sulfone groups is 1. The Morgan fingerprint density at radius 3 is 2.48 bits per heavy atom. The highest BCUT2D eigenvalue weighted by molar-refractivity contribution is 7.91. The van der Waals surface area contributed by atoms with Gasteiger partial charge in [0.05, 0.1) is 22.8 Å². The van der Waals surface area contributed by atoms with Crippen molar-refractivity contribution in [3.63, 3.8) is 0 Å². The molecule has 1 heterocycles. The fourth-order valence-electron chi connectivity index (χ4n) is 4.18. The predicted molar refractivity (Wildman–Crippen MR) is 118 cm³/mol. The molecule has 29 heavy (non-hydrogen) atoms. The number of fused-ring (bicyclic) bond motifs is 1. The van der Waals surface area contributed by atoms with E-state index in [2.05, 4.69) is 31.3 Å². The summed E-state index contributed by atoms with van der Waals surface area (Å²) in [6.45, 7) is 8.12. The first-order valence-electron chi connectivity index (χ1n) is 10.7. The summed E-state index contributed by atoms with van der Waals surface area (Å²) in [6.07, 6.45) is 3.63. The number of hydrogen-bond acceptors (Lipinski definition) is 4. The van der Waals surface area contributed by atoms with Gasteiger partial charge in [0.1, 0.15) is 5.75 Å². The smallest absolute Gasteiger partial charge is 0.180 e. The topological polar surface area (TPSA) is 55.4 Å². The van der Waals surface area contributed by atoms with Crippen LogP contribution in [0.25, 0.3) is 0 Å². The van der Waals surface area contributed by atoms with Gasteiger partial charge in [0.2, 0.25) is 0 Å². The predicted octanol–water partition coefficient (Wildman–Crippen LogP) is 5.28. The average molecular weight is 416 g/mol. The van der Waals surface area contributed by atoms with Gasteiger partial charge >= 0.3 is 0 Å². The molecule has 0 fully saturated rings. The Balaban J connectivity index is 2.18. The van der Waals surface area contributed by atoms with E-state index in [1.807, 2.05) is 44.2 Å². The van der Waals surface area contributed by atoms with Crippen LogP contribution in [0.3, 0.4) is 0 Å². The monoisotopic (exact) mass is 415 g/mol. The lowest BCUT2D eigenvalue weighted by Crippen LogP contribution is -2.50.